The van der Waals surface area contributed by atoms with E-state index in [4.69, 9.17) is 4.65 Å². The van der Waals surface area contributed by atoms with Crippen molar-refractivity contribution >= 4 is 18.6 Å². The molecule has 0 bridgehead atoms. The first kappa shape index (κ1) is 16.3. The predicted octanol–water partition coefficient (Wildman–Crippen LogP) is 0.907. The van der Waals surface area contributed by atoms with Crippen LogP contribution in [0.3, 0.4) is 0 Å². The van der Waals surface area contributed by atoms with Crippen LogP contribution < -0.4 is 15.7 Å². The molecule has 0 unspecified atom stereocenters. The first-order valence-corrected chi connectivity index (χ1v) is 7.59. The van der Waals surface area contributed by atoms with Crippen molar-refractivity contribution in [2.45, 2.75) is 38.9 Å². The van der Waals surface area contributed by atoms with Gasteiger partial charge < -0.3 is 20.0 Å². The number of hydrogen-bond donors (Lipinski definition) is 2. The number of hydrogen-bond acceptors (Lipinski definition) is 4. The summed E-state index contributed by atoms with van der Waals surface area (Å²) in [6, 6.07) is 8.35. The number of rotatable bonds is 5. The molecule has 1 aliphatic rings. The van der Waals surface area contributed by atoms with E-state index in [0.717, 1.165) is 31.6 Å². The smallest absolute Gasteiger partial charge is 0.330 e. The molecule has 21 heavy (non-hydrogen) atoms. The summed E-state index contributed by atoms with van der Waals surface area (Å²) in [6.07, 6.45) is 0. The molecule has 115 valence electrons. The molecule has 1 radical (unpaired) electrons. The van der Waals surface area contributed by atoms with Gasteiger partial charge in [0.25, 0.3) is 0 Å². The fraction of sp³-hybridized carbons (Fsp3) is 0.625. The first-order valence-electron chi connectivity index (χ1n) is 7.59. The van der Waals surface area contributed by atoms with E-state index in [1.165, 1.54) is 5.69 Å². The van der Waals surface area contributed by atoms with E-state index in [1.54, 1.807) is 21.3 Å². The zero-order valence-electron chi connectivity index (χ0n) is 13.5. The molecular weight excluding hydrogens is 263 g/mol. The Morgan fingerprint density at radius 2 is 1.67 bits per heavy atom. The number of piperazine rings is 1. The molecule has 1 aromatic rings. The summed E-state index contributed by atoms with van der Waals surface area (Å²) in [5.41, 5.74) is 0.718. The fourth-order valence-electron chi connectivity index (χ4n) is 2.05. The van der Waals surface area contributed by atoms with Gasteiger partial charge in [-0.3, -0.25) is 0 Å². The van der Waals surface area contributed by atoms with E-state index >= 15 is 0 Å². The van der Waals surface area contributed by atoms with Gasteiger partial charge in [-0.25, -0.2) is 0 Å². The molecule has 0 amide bonds. The summed E-state index contributed by atoms with van der Waals surface area (Å²) < 4.78 is 5.77. The van der Waals surface area contributed by atoms with Crippen molar-refractivity contribution in [2.24, 2.45) is 0 Å². The van der Waals surface area contributed by atoms with Gasteiger partial charge in [-0.1, -0.05) is 17.6 Å². The van der Waals surface area contributed by atoms with Crippen LogP contribution in [0.2, 0.25) is 0 Å². The quantitative estimate of drug-likeness (QED) is 0.791. The molecule has 1 heterocycles. The number of anilines is 1. The lowest BCUT2D eigenvalue weighted by molar-refractivity contribution is -0.0893. The van der Waals surface area contributed by atoms with Crippen molar-refractivity contribution in [3.63, 3.8) is 0 Å². The van der Waals surface area contributed by atoms with Crippen LogP contribution in [0.4, 0.5) is 5.69 Å². The lowest BCUT2D eigenvalue weighted by Crippen LogP contribution is -2.49. The highest BCUT2D eigenvalue weighted by Gasteiger charge is 2.35. The molecule has 1 aliphatic heterocycles. The van der Waals surface area contributed by atoms with Crippen LogP contribution in [-0.2, 0) is 4.65 Å². The normalized spacial score (nSPS) is 16.9. The van der Waals surface area contributed by atoms with Gasteiger partial charge in [-0.2, -0.15) is 0 Å². The zero-order chi connectivity index (χ0) is 15.5. The van der Waals surface area contributed by atoms with Gasteiger partial charge in [0, 0.05) is 31.9 Å². The average molecular weight is 289 g/mol. The number of nitrogens with zero attached hydrogens (tertiary/aromatic N) is 1. The Labute approximate surface area is 128 Å². The van der Waals surface area contributed by atoms with Crippen LogP contribution in [-0.4, -0.2) is 50.0 Å². The topological polar surface area (TPSA) is 44.7 Å². The molecular formula is C16H26BN2O2. The molecule has 0 saturated carbocycles. The Balaban J connectivity index is 1.93. The average Bonchev–Trinajstić information content (AvgIpc) is 2.45. The minimum absolute atomic E-state index is 0.635. The van der Waals surface area contributed by atoms with Gasteiger partial charge in [-0.05, 0) is 39.8 Å². The molecule has 5 heteroatoms. The predicted molar refractivity (Wildman–Crippen MR) is 88.4 cm³/mol. The monoisotopic (exact) mass is 289 g/mol. The van der Waals surface area contributed by atoms with Gasteiger partial charge in [0.05, 0.1) is 11.2 Å². The Bertz CT molecular complexity index is 448. The second kappa shape index (κ2) is 6.38. The van der Waals surface area contributed by atoms with Crippen LogP contribution in [0.5, 0.6) is 0 Å². The maximum absolute atomic E-state index is 10.1. The minimum atomic E-state index is -0.899. The van der Waals surface area contributed by atoms with Gasteiger partial charge >= 0.3 is 7.48 Å². The third-order valence-corrected chi connectivity index (χ3v) is 4.34. The van der Waals surface area contributed by atoms with Crippen molar-refractivity contribution in [1.29, 1.82) is 0 Å². The Kier molecular flexibility index (Phi) is 4.97. The van der Waals surface area contributed by atoms with Crippen LogP contribution in [0.25, 0.3) is 0 Å². The lowest BCUT2D eigenvalue weighted by Gasteiger charge is -2.37. The van der Waals surface area contributed by atoms with Crippen molar-refractivity contribution in [2.75, 3.05) is 31.1 Å². The molecule has 0 aliphatic carbocycles. The Hall–Kier alpha value is -1.04. The van der Waals surface area contributed by atoms with Crippen LogP contribution in [0, 0.1) is 0 Å². The van der Waals surface area contributed by atoms with E-state index in [0.29, 0.717) is 0 Å². The van der Waals surface area contributed by atoms with Gasteiger partial charge in [-0.15, -0.1) is 0 Å². The lowest BCUT2D eigenvalue weighted by atomic mass is 9.82. The number of benzene rings is 1. The SMILES string of the molecule is CC(C)(O)C(C)(C)O[B]c1ccc(N2CCNCC2)cc1. The van der Waals surface area contributed by atoms with Crippen molar-refractivity contribution in [3.05, 3.63) is 24.3 Å². The van der Waals surface area contributed by atoms with E-state index in [2.05, 4.69) is 34.5 Å². The molecule has 1 fully saturated rings. The maximum atomic E-state index is 10.1. The van der Waals surface area contributed by atoms with Crippen molar-refractivity contribution in [3.8, 4) is 0 Å². The fourth-order valence-corrected chi connectivity index (χ4v) is 2.05. The highest BCUT2D eigenvalue weighted by atomic mass is 16.5. The second-order valence-electron chi connectivity index (χ2n) is 6.63. The summed E-state index contributed by atoms with van der Waals surface area (Å²) in [4.78, 5) is 2.38. The van der Waals surface area contributed by atoms with Crippen LogP contribution in [0.15, 0.2) is 24.3 Å². The third kappa shape index (κ3) is 4.22. The van der Waals surface area contributed by atoms with E-state index in [9.17, 15) is 5.11 Å². The van der Waals surface area contributed by atoms with Crippen LogP contribution >= 0.6 is 0 Å². The first-order chi connectivity index (χ1) is 9.79. The number of aliphatic hydroxyl groups is 1. The standard InChI is InChI=1S/C16H26BN2O2/c1-15(2,20)16(3,4)21-17-13-5-7-14(8-6-13)19-11-9-18-10-12-19/h5-8,18,20H,9-12H2,1-4H3. The van der Waals surface area contributed by atoms with Crippen molar-refractivity contribution in [1.82, 2.24) is 5.32 Å². The van der Waals surface area contributed by atoms with Gasteiger partial charge in [0.2, 0.25) is 0 Å². The molecule has 4 nitrogen and oxygen atoms in total. The third-order valence-electron chi connectivity index (χ3n) is 4.34. The van der Waals surface area contributed by atoms with Gasteiger partial charge in [0.15, 0.2) is 0 Å². The summed E-state index contributed by atoms with van der Waals surface area (Å²) in [5, 5.41) is 13.4. The Morgan fingerprint density at radius 3 is 2.19 bits per heavy atom. The summed E-state index contributed by atoms with van der Waals surface area (Å²) in [6.45, 7) is 11.5. The van der Waals surface area contributed by atoms with Gasteiger partial charge in [0.1, 0.15) is 0 Å². The summed E-state index contributed by atoms with van der Waals surface area (Å²) >= 11 is 0. The molecule has 2 N–H and O–H groups in total. The zero-order valence-corrected chi connectivity index (χ0v) is 13.5. The molecule has 1 aromatic carbocycles. The largest absolute Gasteiger partial charge is 0.427 e. The molecule has 2 rings (SSSR count). The van der Waals surface area contributed by atoms with E-state index in [-0.39, 0.29) is 0 Å². The molecule has 1 saturated heterocycles. The molecule has 0 aromatic heterocycles. The highest BCUT2D eigenvalue weighted by Crippen LogP contribution is 2.24. The second-order valence-corrected chi connectivity index (χ2v) is 6.63. The van der Waals surface area contributed by atoms with E-state index < -0.39 is 11.2 Å². The highest BCUT2D eigenvalue weighted by molar-refractivity contribution is 6.47. The van der Waals surface area contributed by atoms with Crippen LogP contribution in [0.1, 0.15) is 27.7 Å². The maximum Gasteiger partial charge on any atom is 0.330 e. The molecule has 0 atom stereocenters. The summed E-state index contributed by atoms with van der Waals surface area (Å²) in [7, 11) is 1.72. The summed E-state index contributed by atoms with van der Waals surface area (Å²) in [5.74, 6) is 0. The van der Waals surface area contributed by atoms with Crippen molar-refractivity contribution < 1.29 is 9.76 Å². The Morgan fingerprint density at radius 1 is 1.10 bits per heavy atom. The number of nitrogens with one attached hydrogen (secondary N) is 1. The van der Waals surface area contributed by atoms with E-state index in [1.807, 2.05) is 13.8 Å². The minimum Gasteiger partial charge on any atom is -0.427 e. The molecule has 0 spiro atoms.